The lowest BCUT2D eigenvalue weighted by Crippen LogP contribution is -2.19. The fourth-order valence-corrected chi connectivity index (χ4v) is 0.203. The van der Waals surface area contributed by atoms with E-state index in [1.54, 1.807) is 0 Å². The highest BCUT2D eigenvalue weighted by atomic mass is 17.2. The molecule has 0 unspecified atom stereocenters. The minimum atomic E-state index is -0.833. The summed E-state index contributed by atoms with van der Waals surface area (Å²) in [5.41, 5.74) is -0.331. The second kappa shape index (κ2) is 7.02. The van der Waals surface area contributed by atoms with Crippen molar-refractivity contribution in [1.29, 1.82) is 0 Å². The summed E-state index contributed by atoms with van der Waals surface area (Å²) in [6.45, 7) is 6.20. The van der Waals surface area contributed by atoms with Gasteiger partial charge >= 0.3 is 0 Å². The molecule has 0 aliphatic carbocycles. The van der Waals surface area contributed by atoms with Crippen LogP contribution >= 0.6 is 0 Å². The molecule has 5 heteroatoms. The molecule has 0 aliphatic heterocycles. The summed E-state index contributed by atoms with van der Waals surface area (Å²) in [5.74, 6) is -0.833. The SMILES string of the molecule is CC(=O)O.CC(C)(C)OOCO. The number of aliphatic carboxylic acids is 1. The van der Waals surface area contributed by atoms with Crippen molar-refractivity contribution in [3.63, 3.8) is 0 Å². The molecule has 0 saturated heterocycles. The zero-order valence-corrected chi connectivity index (χ0v) is 7.83. The van der Waals surface area contributed by atoms with Gasteiger partial charge in [0.1, 0.15) is 0 Å². The van der Waals surface area contributed by atoms with Crippen LogP contribution in [0.4, 0.5) is 0 Å². The molecule has 2 N–H and O–H groups in total. The molecule has 0 bridgehead atoms. The first kappa shape index (κ1) is 13.9. The van der Waals surface area contributed by atoms with Gasteiger partial charge in [0, 0.05) is 6.92 Å². The Morgan fingerprint density at radius 1 is 1.42 bits per heavy atom. The van der Waals surface area contributed by atoms with Crippen molar-refractivity contribution < 1.29 is 24.8 Å². The maximum Gasteiger partial charge on any atom is 0.300 e. The van der Waals surface area contributed by atoms with Crippen molar-refractivity contribution in [1.82, 2.24) is 0 Å². The maximum atomic E-state index is 9.00. The van der Waals surface area contributed by atoms with Crippen LogP contribution in [-0.4, -0.2) is 28.6 Å². The number of rotatable bonds is 2. The number of aliphatic hydroxyl groups is 1. The molecule has 0 aromatic rings. The van der Waals surface area contributed by atoms with Crippen molar-refractivity contribution in [2.75, 3.05) is 6.79 Å². The third-order valence-corrected chi connectivity index (χ3v) is 0.362. The second-order valence-electron chi connectivity index (χ2n) is 2.96. The van der Waals surface area contributed by atoms with Gasteiger partial charge in [-0.2, -0.15) is 0 Å². The Hall–Kier alpha value is -0.650. The molecule has 0 rings (SSSR count). The van der Waals surface area contributed by atoms with E-state index in [-0.39, 0.29) is 5.60 Å². The molecule has 12 heavy (non-hydrogen) atoms. The summed E-state index contributed by atoms with van der Waals surface area (Å²) in [7, 11) is 0. The number of hydrogen-bond donors (Lipinski definition) is 2. The van der Waals surface area contributed by atoms with Crippen LogP contribution in [0.5, 0.6) is 0 Å². The van der Waals surface area contributed by atoms with E-state index in [2.05, 4.69) is 9.78 Å². The Balaban J connectivity index is 0. The van der Waals surface area contributed by atoms with Gasteiger partial charge in [0.2, 0.25) is 0 Å². The number of aliphatic hydroxyl groups excluding tert-OH is 1. The number of carboxylic acid groups (broad SMARTS) is 1. The highest BCUT2D eigenvalue weighted by Crippen LogP contribution is 2.05. The molecule has 0 amide bonds. The van der Waals surface area contributed by atoms with E-state index in [1.807, 2.05) is 20.8 Å². The lowest BCUT2D eigenvalue weighted by molar-refractivity contribution is -0.375. The predicted octanol–water partition coefficient (Wildman–Crippen LogP) is 0.774. The van der Waals surface area contributed by atoms with Gasteiger partial charge in [-0.3, -0.25) is 4.79 Å². The van der Waals surface area contributed by atoms with E-state index < -0.39 is 12.8 Å². The molecule has 0 atom stereocenters. The smallest absolute Gasteiger partial charge is 0.300 e. The fraction of sp³-hybridized carbons (Fsp3) is 0.857. The number of carbonyl (C=O) groups is 1. The summed E-state index contributed by atoms with van der Waals surface area (Å²) >= 11 is 0. The minimum absolute atomic E-state index is 0.331. The van der Waals surface area contributed by atoms with Crippen LogP contribution in [0.1, 0.15) is 27.7 Å². The topological polar surface area (TPSA) is 76.0 Å². The van der Waals surface area contributed by atoms with Crippen LogP contribution in [0, 0.1) is 0 Å². The van der Waals surface area contributed by atoms with E-state index in [0.717, 1.165) is 6.92 Å². The monoisotopic (exact) mass is 180 g/mol. The van der Waals surface area contributed by atoms with Gasteiger partial charge in [0.25, 0.3) is 5.97 Å². The molecule has 0 fully saturated rings. The highest BCUT2D eigenvalue weighted by molar-refractivity contribution is 5.62. The molecule has 0 spiro atoms. The molecule has 5 nitrogen and oxygen atoms in total. The molecule has 0 heterocycles. The van der Waals surface area contributed by atoms with Gasteiger partial charge in [0.15, 0.2) is 6.79 Å². The fourth-order valence-electron chi connectivity index (χ4n) is 0.203. The maximum absolute atomic E-state index is 9.00. The summed E-state index contributed by atoms with van der Waals surface area (Å²) in [4.78, 5) is 17.9. The minimum Gasteiger partial charge on any atom is -0.481 e. The van der Waals surface area contributed by atoms with Crippen LogP contribution < -0.4 is 0 Å². The van der Waals surface area contributed by atoms with E-state index >= 15 is 0 Å². The van der Waals surface area contributed by atoms with Crippen molar-refractivity contribution >= 4 is 5.97 Å². The Morgan fingerprint density at radius 3 is 1.83 bits per heavy atom. The molecular formula is C7H16O5. The van der Waals surface area contributed by atoms with Gasteiger partial charge < -0.3 is 10.2 Å². The Bertz CT molecular complexity index is 111. The molecule has 0 aromatic heterocycles. The highest BCUT2D eigenvalue weighted by Gasteiger charge is 2.10. The molecule has 0 radical (unpaired) electrons. The van der Waals surface area contributed by atoms with Crippen LogP contribution in [0.3, 0.4) is 0 Å². The van der Waals surface area contributed by atoms with Crippen LogP contribution in [0.25, 0.3) is 0 Å². The molecule has 74 valence electrons. The van der Waals surface area contributed by atoms with E-state index in [4.69, 9.17) is 15.0 Å². The Kier molecular flexibility index (Phi) is 8.14. The van der Waals surface area contributed by atoms with Crippen molar-refractivity contribution in [3.8, 4) is 0 Å². The zero-order chi connectivity index (χ0) is 10.2. The summed E-state index contributed by atoms with van der Waals surface area (Å²) in [6.07, 6.45) is 0. The van der Waals surface area contributed by atoms with Crippen LogP contribution in [0.15, 0.2) is 0 Å². The third kappa shape index (κ3) is 34.5. The number of carboxylic acids is 1. The van der Waals surface area contributed by atoms with Gasteiger partial charge in [0.05, 0.1) is 5.60 Å². The van der Waals surface area contributed by atoms with Crippen molar-refractivity contribution in [2.24, 2.45) is 0 Å². The van der Waals surface area contributed by atoms with Crippen LogP contribution in [-0.2, 0) is 14.6 Å². The standard InChI is InChI=1S/C5H12O3.C2H4O2/c1-5(2,3)8-7-4-6;1-2(3)4/h6H,4H2,1-3H3;1H3,(H,3,4). The molecule has 0 aliphatic rings. The van der Waals surface area contributed by atoms with E-state index in [1.165, 1.54) is 0 Å². The third-order valence-electron chi connectivity index (χ3n) is 0.362. The van der Waals surface area contributed by atoms with Crippen LogP contribution in [0.2, 0.25) is 0 Å². The molecule has 0 saturated carbocycles. The zero-order valence-electron chi connectivity index (χ0n) is 7.83. The quantitative estimate of drug-likeness (QED) is 0.373. The summed E-state index contributed by atoms with van der Waals surface area (Å²) < 4.78 is 0. The average Bonchev–Trinajstić information content (AvgIpc) is 1.80. The first-order valence-electron chi connectivity index (χ1n) is 3.40. The largest absolute Gasteiger partial charge is 0.481 e. The van der Waals surface area contributed by atoms with Gasteiger partial charge in [-0.1, -0.05) is 0 Å². The Morgan fingerprint density at radius 2 is 1.75 bits per heavy atom. The Labute approximate surface area is 71.8 Å². The van der Waals surface area contributed by atoms with Gasteiger partial charge in [-0.15, -0.1) is 0 Å². The lowest BCUT2D eigenvalue weighted by atomic mass is 10.2. The normalized spacial score (nSPS) is 10.1. The van der Waals surface area contributed by atoms with Gasteiger partial charge in [-0.25, -0.2) is 9.78 Å². The second-order valence-corrected chi connectivity index (χ2v) is 2.96. The number of hydrogen-bond acceptors (Lipinski definition) is 4. The van der Waals surface area contributed by atoms with E-state index in [0.29, 0.717) is 0 Å². The van der Waals surface area contributed by atoms with E-state index in [9.17, 15) is 0 Å². The van der Waals surface area contributed by atoms with Gasteiger partial charge in [-0.05, 0) is 20.8 Å². The summed E-state index contributed by atoms with van der Waals surface area (Å²) in [5, 5.41) is 15.5. The predicted molar refractivity (Wildman–Crippen MR) is 42.3 cm³/mol. The molecular weight excluding hydrogens is 164 g/mol. The lowest BCUT2D eigenvalue weighted by Gasteiger charge is -2.15. The average molecular weight is 180 g/mol. The first-order valence-corrected chi connectivity index (χ1v) is 3.40. The molecule has 0 aromatic carbocycles. The first-order chi connectivity index (χ1) is 5.29. The van der Waals surface area contributed by atoms with Crippen molar-refractivity contribution in [2.45, 2.75) is 33.3 Å². The van der Waals surface area contributed by atoms with Crippen molar-refractivity contribution in [3.05, 3.63) is 0 Å². The summed E-state index contributed by atoms with van der Waals surface area (Å²) in [6, 6.07) is 0.